The molecule has 1 saturated carbocycles. The molecule has 0 radical (unpaired) electrons. The van der Waals surface area contributed by atoms with Gasteiger partial charge in [-0.25, -0.2) is 13.8 Å². The minimum absolute atomic E-state index is 0.0332. The minimum Gasteiger partial charge on any atom is -0.328 e. The summed E-state index contributed by atoms with van der Waals surface area (Å²) in [7, 11) is 0. The van der Waals surface area contributed by atoms with Crippen LogP contribution in [-0.2, 0) is 23.2 Å². The number of benzene rings is 1. The second-order valence-corrected chi connectivity index (χ2v) is 9.89. The lowest BCUT2D eigenvalue weighted by molar-refractivity contribution is -0.118. The van der Waals surface area contributed by atoms with Crippen LogP contribution in [-0.4, -0.2) is 40.1 Å². The van der Waals surface area contributed by atoms with Gasteiger partial charge in [0.2, 0.25) is 5.91 Å². The number of carbonyl (C=O) groups is 1. The van der Waals surface area contributed by atoms with E-state index in [0.29, 0.717) is 36.7 Å². The summed E-state index contributed by atoms with van der Waals surface area (Å²) in [4.78, 5) is 17.5. The van der Waals surface area contributed by atoms with Gasteiger partial charge in [0.05, 0.1) is 17.9 Å². The van der Waals surface area contributed by atoms with Crippen LogP contribution in [0.3, 0.4) is 0 Å². The van der Waals surface area contributed by atoms with Gasteiger partial charge < -0.3 is 20.5 Å². The Balaban J connectivity index is 1.38. The van der Waals surface area contributed by atoms with E-state index in [4.69, 9.17) is 0 Å². The zero-order chi connectivity index (χ0) is 23.6. The first-order valence-electron chi connectivity index (χ1n) is 12.1. The Morgan fingerprint density at radius 1 is 1.30 bits per heavy atom. The maximum absolute atomic E-state index is 14.3. The summed E-state index contributed by atoms with van der Waals surface area (Å²) < 4.78 is 29.9. The predicted octanol–water partition coefficient (Wildman–Crippen LogP) is 3.90. The number of amides is 1. The van der Waals surface area contributed by atoms with Crippen molar-refractivity contribution in [3.05, 3.63) is 47.4 Å². The molecule has 0 saturated heterocycles. The number of rotatable bonds is 10. The average molecular weight is 460 g/mol. The molecule has 3 N–H and O–H groups in total. The molecule has 2 aromatic rings. The number of fused-ring (bicyclic) bond motifs is 1. The third kappa shape index (κ3) is 5.61. The number of aromatic nitrogens is 2. The fraction of sp³-hybridized carbons (Fsp3) is 0.600. The highest BCUT2D eigenvalue weighted by atomic mass is 19.1. The van der Waals surface area contributed by atoms with Crippen LogP contribution in [0.15, 0.2) is 24.7 Å². The maximum Gasteiger partial charge on any atom is 0.242 e. The number of nitrogens with one attached hydrogen (secondary N) is 3. The second kappa shape index (κ2) is 9.89. The summed E-state index contributed by atoms with van der Waals surface area (Å²) in [5.74, 6) is -0.611. The molecule has 0 spiro atoms. The van der Waals surface area contributed by atoms with Gasteiger partial charge in [0, 0.05) is 30.9 Å². The van der Waals surface area contributed by atoms with E-state index in [1.54, 1.807) is 6.33 Å². The Morgan fingerprint density at radius 2 is 2.09 bits per heavy atom. The molecule has 1 heterocycles. The molecule has 0 aliphatic heterocycles. The van der Waals surface area contributed by atoms with E-state index in [2.05, 4.69) is 39.3 Å². The average Bonchev–Trinajstić information content (AvgIpc) is 3.42. The molecule has 0 unspecified atom stereocenters. The number of nitrogens with zero attached hydrogens (tertiary/aromatic N) is 2. The van der Waals surface area contributed by atoms with E-state index >= 15 is 0 Å². The van der Waals surface area contributed by atoms with Crippen molar-refractivity contribution in [2.45, 2.75) is 89.4 Å². The van der Waals surface area contributed by atoms with E-state index in [0.717, 1.165) is 43.9 Å². The van der Waals surface area contributed by atoms with Gasteiger partial charge in [-0.2, -0.15) is 0 Å². The van der Waals surface area contributed by atoms with Gasteiger partial charge in [-0.1, -0.05) is 27.2 Å². The number of hydrogen-bond donors (Lipinski definition) is 3. The molecule has 1 fully saturated rings. The standard InChI is InChI=1S/C25H35F2N5O/c1-4-5-22(30-19-7-6-17-10-18(26)11-21(27)20(17)12-19)24(33)31-23-13-32(15-29-23)25(8-9-25)14-28-16(2)3/h10-11,13,15-16,19,22,28,30H,4-9,12,14H2,1-3H3,(H,31,33)/t19-,22-/m0/s1. The zero-order valence-electron chi connectivity index (χ0n) is 19.8. The smallest absolute Gasteiger partial charge is 0.242 e. The van der Waals surface area contributed by atoms with Crippen molar-refractivity contribution in [1.82, 2.24) is 20.2 Å². The van der Waals surface area contributed by atoms with Crippen LogP contribution in [0.5, 0.6) is 0 Å². The van der Waals surface area contributed by atoms with Gasteiger partial charge in [-0.15, -0.1) is 0 Å². The third-order valence-electron chi connectivity index (χ3n) is 6.84. The summed E-state index contributed by atoms with van der Waals surface area (Å²) in [6, 6.07) is 2.36. The monoisotopic (exact) mass is 459 g/mol. The largest absolute Gasteiger partial charge is 0.328 e. The maximum atomic E-state index is 14.3. The third-order valence-corrected chi connectivity index (χ3v) is 6.84. The number of aryl methyl sites for hydroxylation is 1. The Labute approximate surface area is 194 Å². The van der Waals surface area contributed by atoms with Crippen molar-refractivity contribution in [1.29, 1.82) is 0 Å². The molecular weight excluding hydrogens is 424 g/mol. The van der Waals surface area contributed by atoms with Crippen LogP contribution in [0.4, 0.5) is 14.6 Å². The van der Waals surface area contributed by atoms with Crippen molar-refractivity contribution in [2.75, 3.05) is 11.9 Å². The molecule has 8 heteroatoms. The first-order valence-corrected chi connectivity index (χ1v) is 12.1. The van der Waals surface area contributed by atoms with Crippen LogP contribution in [0.25, 0.3) is 0 Å². The fourth-order valence-electron chi connectivity index (χ4n) is 4.72. The van der Waals surface area contributed by atoms with Gasteiger partial charge in [0.25, 0.3) is 0 Å². The Bertz CT molecular complexity index is 985. The number of anilines is 1. The normalized spacial score (nSPS) is 19.9. The van der Waals surface area contributed by atoms with Gasteiger partial charge in [0.1, 0.15) is 11.6 Å². The lowest BCUT2D eigenvalue weighted by Crippen LogP contribution is -2.48. The van der Waals surface area contributed by atoms with E-state index in [1.807, 2.05) is 13.1 Å². The number of imidazole rings is 1. The molecule has 2 atom stereocenters. The van der Waals surface area contributed by atoms with Crippen molar-refractivity contribution in [3.63, 3.8) is 0 Å². The molecule has 2 aliphatic carbocycles. The van der Waals surface area contributed by atoms with Crippen molar-refractivity contribution in [2.24, 2.45) is 0 Å². The van der Waals surface area contributed by atoms with Gasteiger partial charge in [0.15, 0.2) is 5.82 Å². The molecule has 180 valence electrons. The molecule has 1 aromatic carbocycles. The summed E-state index contributed by atoms with van der Waals surface area (Å²) in [6.07, 6.45) is 9.21. The Kier molecular flexibility index (Phi) is 7.14. The van der Waals surface area contributed by atoms with E-state index in [1.165, 1.54) is 6.07 Å². The second-order valence-electron chi connectivity index (χ2n) is 9.89. The molecule has 4 rings (SSSR count). The first-order chi connectivity index (χ1) is 15.8. The molecular formula is C25H35F2N5O. The molecule has 1 aromatic heterocycles. The van der Waals surface area contributed by atoms with Crippen molar-refractivity contribution >= 4 is 11.7 Å². The molecule has 2 aliphatic rings. The Morgan fingerprint density at radius 3 is 2.79 bits per heavy atom. The molecule has 0 bridgehead atoms. The highest BCUT2D eigenvalue weighted by Crippen LogP contribution is 2.43. The summed E-state index contributed by atoms with van der Waals surface area (Å²) in [6.45, 7) is 7.19. The topological polar surface area (TPSA) is 71.0 Å². The van der Waals surface area contributed by atoms with Gasteiger partial charge in [-0.3, -0.25) is 4.79 Å². The molecule has 33 heavy (non-hydrogen) atoms. The summed E-state index contributed by atoms with van der Waals surface area (Å²) in [5.41, 5.74) is 1.34. The van der Waals surface area contributed by atoms with Crippen LogP contribution in [0.2, 0.25) is 0 Å². The first kappa shape index (κ1) is 23.8. The number of carbonyl (C=O) groups excluding carboxylic acids is 1. The Hall–Kier alpha value is -2.32. The lowest BCUT2D eigenvalue weighted by Gasteiger charge is -2.29. The highest BCUT2D eigenvalue weighted by Gasteiger charge is 2.44. The van der Waals surface area contributed by atoms with Crippen LogP contribution in [0, 0.1) is 11.6 Å². The van der Waals surface area contributed by atoms with Gasteiger partial charge >= 0.3 is 0 Å². The minimum atomic E-state index is -0.534. The fourth-order valence-corrected chi connectivity index (χ4v) is 4.72. The SMILES string of the molecule is CCC[C@H](N[C@H]1CCc2cc(F)cc(F)c2C1)C(=O)Nc1cn(C2(CNC(C)C)CC2)cn1. The molecule has 6 nitrogen and oxygen atoms in total. The van der Waals surface area contributed by atoms with Crippen molar-refractivity contribution in [3.8, 4) is 0 Å². The lowest BCUT2D eigenvalue weighted by atomic mass is 9.87. The van der Waals surface area contributed by atoms with Crippen molar-refractivity contribution < 1.29 is 13.6 Å². The van der Waals surface area contributed by atoms with Crippen LogP contribution < -0.4 is 16.0 Å². The van der Waals surface area contributed by atoms with Crippen LogP contribution >= 0.6 is 0 Å². The summed E-state index contributed by atoms with van der Waals surface area (Å²) >= 11 is 0. The highest BCUT2D eigenvalue weighted by molar-refractivity contribution is 5.94. The number of hydrogen-bond acceptors (Lipinski definition) is 4. The van der Waals surface area contributed by atoms with Gasteiger partial charge in [-0.05, 0) is 55.7 Å². The number of halogens is 2. The van der Waals surface area contributed by atoms with E-state index in [-0.39, 0.29) is 17.5 Å². The quantitative estimate of drug-likeness (QED) is 0.504. The van der Waals surface area contributed by atoms with E-state index < -0.39 is 17.7 Å². The predicted molar refractivity (Wildman–Crippen MR) is 125 cm³/mol. The summed E-state index contributed by atoms with van der Waals surface area (Å²) in [5, 5.41) is 9.88. The molecule has 1 amide bonds. The van der Waals surface area contributed by atoms with E-state index in [9.17, 15) is 13.6 Å². The zero-order valence-corrected chi connectivity index (χ0v) is 19.8. The van der Waals surface area contributed by atoms with Crippen LogP contribution in [0.1, 0.15) is 64.0 Å².